The van der Waals surface area contributed by atoms with E-state index in [1.165, 1.54) is 0 Å². The SMILES string of the molecule is Cc1ccc(CN2C[C@H](O)[C@@H](O)[C@H](O[C@H]3O[C@H](CO)[C@@H](O)[C@H](O)[C@H]3O)[C@H]2CO)cc1. The molecule has 2 saturated heterocycles. The minimum atomic E-state index is -1.65. The summed E-state index contributed by atoms with van der Waals surface area (Å²) in [6.45, 7) is 1.41. The molecule has 1 aromatic carbocycles. The summed E-state index contributed by atoms with van der Waals surface area (Å²) in [7, 11) is 0. The minimum absolute atomic E-state index is 0.0921. The van der Waals surface area contributed by atoms with Crippen LogP contribution in [0.25, 0.3) is 0 Å². The smallest absolute Gasteiger partial charge is 0.187 e. The maximum Gasteiger partial charge on any atom is 0.187 e. The van der Waals surface area contributed by atoms with Gasteiger partial charge in [0.2, 0.25) is 0 Å². The Morgan fingerprint density at radius 2 is 1.60 bits per heavy atom. The predicted molar refractivity (Wildman–Crippen MR) is 103 cm³/mol. The van der Waals surface area contributed by atoms with Crippen molar-refractivity contribution in [2.45, 2.75) is 68.5 Å². The van der Waals surface area contributed by atoms with E-state index in [0.29, 0.717) is 6.54 Å². The van der Waals surface area contributed by atoms with E-state index in [9.17, 15) is 35.7 Å². The van der Waals surface area contributed by atoms with Crippen LogP contribution in [0.3, 0.4) is 0 Å². The summed E-state index contributed by atoms with van der Waals surface area (Å²) in [6, 6.07) is 7.00. The van der Waals surface area contributed by atoms with Crippen LogP contribution in [0.2, 0.25) is 0 Å². The van der Waals surface area contributed by atoms with E-state index >= 15 is 0 Å². The molecule has 2 heterocycles. The van der Waals surface area contributed by atoms with Crippen molar-refractivity contribution >= 4 is 0 Å². The zero-order chi connectivity index (χ0) is 22.0. The molecule has 9 atom stereocenters. The summed E-state index contributed by atoms with van der Waals surface area (Å²) in [5, 5.41) is 70.3. The van der Waals surface area contributed by atoms with Gasteiger partial charge in [0.25, 0.3) is 0 Å². The highest BCUT2D eigenvalue weighted by Gasteiger charge is 2.49. The highest BCUT2D eigenvalue weighted by atomic mass is 16.7. The number of rotatable bonds is 6. The van der Waals surface area contributed by atoms with Crippen molar-refractivity contribution in [1.29, 1.82) is 0 Å². The van der Waals surface area contributed by atoms with E-state index in [0.717, 1.165) is 11.1 Å². The quantitative estimate of drug-likeness (QED) is 0.249. The van der Waals surface area contributed by atoms with Crippen LogP contribution in [-0.4, -0.2) is 115 Å². The molecule has 2 aliphatic rings. The number of hydrogen-bond acceptors (Lipinski definition) is 10. The van der Waals surface area contributed by atoms with Gasteiger partial charge in [-0.2, -0.15) is 0 Å². The van der Waals surface area contributed by atoms with Crippen molar-refractivity contribution in [2.24, 2.45) is 0 Å². The van der Waals surface area contributed by atoms with Crippen LogP contribution in [0.5, 0.6) is 0 Å². The number of ether oxygens (including phenoxy) is 2. The van der Waals surface area contributed by atoms with Gasteiger partial charge >= 0.3 is 0 Å². The number of nitrogens with zero attached hydrogens (tertiary/aromatic N) is 1. The van der Waals surface area contributed by atoms with Gasteiger partial charge in [-0.05, 0) is 12.5 Å². The zero-order valence-electron chi connectivity index (χ0n) is 16.7. The molecule has 0 spiro atoms. The van der Waals surface area contributed by atoms with Crippen LogP contribution in [0.1, 0.15) is 11.1 Å². The van der Waals surface area contributed by atoms with Gasteiger partial charge in [0, 0.05) is 13.1 Å². The van der Waals surface area contributed by atoms with Gasteiger partial charge in [0.15, 0.2) is 6.29 Å². The van der Waals surface area contributed by atoms with Crippen molar-refractivity contribution in [3.05, 3.63) is 35.4 Å². The monoisotopic (exact) mass is 429 g/mol. The average molecular weight is 429 g/mol. The van der Waals surface area contributed by atoms with E-state index in [-0.39, 0.29) is 6.54 Å². The lowest BCUT2D eigenvalue weighted by Gasteiger charge is -2.48. The normalized spacial score (nSPS) is 40.5. The molecule has 170 valence electrons. The van der Waals surface area contributed by atoms with Crippen LogP contribution in [-0.2, 0) is 16.0 Å². The van der Waals surface area contributed by atoms with Crippen LogP contribution in [0, 0.1) is 6.92 Å². The number of aliphatic hydroxyl groups is 7. The lowest BCUT2D eigenvalue weighted by Crippen LogP contribution is -2.66. The number of piperidine rings is 1. The molecule has 0 unspecified atom stereocenters. The van der Waals surface area contributed by atoms with Gasteiger partial charge in [-0.1, -0.05) is 29.8 Å². The molecule has 0 amide bonds. The largest absolute Gasteiger partial charge is 0.395 e. The number of aryl methyl sites for hydroxylation is 1. The summed E-state index contributed by atoms with van der Waals surface area (Å²) in [5.74, 6) is 0. The second-order valence-electron chi connectivity index (χ2n) is 8.02. The Kier molecular flexibility index (Phi) is 7.80. The molecule has 0 radical (unpaired) electrons. The number of likely N-dealkylation sites (tertiary alicyclic amines) is 1. The molecule has 1 aromatic rings. The van der Waals surface area contributed by atoms with Crippen molar-refractivity contribution in [1.82, 2.24) is 4.90 Å². The second kappa shape index (κ2) is 9.96. The third-order valence-corrected chi connectivity index (χ3v) is 5.83. The number of aliphatic hydroxyl groups excluding tert-OH is 7. The van der Waals surface area contributed by atoms with E-state index in [2.05, 4.69) is 0 Å². The van der Waals surface area contributed by atoms with E-state index in [4.69, 9.17) is 9.47 Å². The van der Waals surface area contributed by atoms with Crippen LogP contribution >= 0.6 is 0 Å². The van der Waals surface area contributed by atoms with E-state index in [1.807, 2.05) is 31.2 Å². The average Bonchev–Trinajstić information content (AvgIpc) is 2.73. The molecule has 0 bridgehead atoms. The number of benzene rings is 1. The Labute approximate surface area is 174 Å². The summed E-state index contributed by atoms with van der Waals surface area (Å²) in [6.07, 6.45) is -11.2. The molecule has 10 nitrogen and oxygen atoms in total. The standard InChI is InChI=1S/C20H31NO9/c1-10-2-4-11(5-3-10)6-21-7-13(24)15(25)19(12(21)8-22)30-20-18(28)17(27)16(26)14(9-23)29-20/h2-5,12-20,22-28H,6-9H2,1H3/t12-,13+,14-,15-,16-,17+,18-,19-,20-/m1/s1. The van der Waals surface area contributed by atoms with Crippen LogP contribution < -0.4 is 0 Å². The topological polar surface area (TPSA) is 163 Å². The third kappa shape index (κ3) is 4.83. The number of β-amino-alcohol motifs (C(OH)–C–C–N with tert-alkyl or cyclic N) is 1. The Hall–Kier alpha value is -1.18. The lowest BCUT2D eigenvalue weighted by atomic mass is 9.92. The molecule has 30 heavy (non-hydrogen) atoms. The fourth-order valence-corrected chi connectivity index (χ4v) is 3.97. The molecule has 2 aliphatic heterocycles. The molecule has 7 N–H and O–H groups in total. The molecular formula is C20H31NO9. The maximum atomic E-state index is 10.5. The third-order valence-electron chi connectivity index (χ3n) is 5.83. The maximum absolute atomic E-state index is 10.5. The van der Waals surface area contributed by atoms with Gasteiger partial charge in [-0.3, -0.25) is 4.90 Å². The molecule has 0 aliphatic carbocycles. The van der Waals surface area contributed by atoms with E-state index < -0.39 is 68.3 Å². The highest BCUT2D eigenvalue weighted by molar-refractivity contribution is 5.21. The minimum Gasteiger partial charge on any atom is -0.395 e. The first-order valence-electron chi connectivity index (χ1n) is 9.99. The molecule has 0 aromatic heterocycles. The Morgan fingerprint density at radius 3 is 2.20 bits per heavy atom. The highest BCUT2D eigenvalue weighted by Crippen LogP contribution is 2.29. The summed E-state index contributed by atoms with van der Waals surface area (Å²) in [4.78, 5) is 1.76. The molecule has 10 heteroatoms. The Balaban J connectivity index is 1.78. The molecule has 2 fully saturated rings. The van der Waals surface area contributed by atoms with Crippen LogP contribution in [0.4, 0.5) is 0 Å². The van der Waals surface area contributed by atoms with Crippen molar-refractivity contribution < 1.29 is 45.2 Å². The lowest BCUT2D eigenvalue weighted by molar-refractivity contribution is -0.329. The van der Waals surface area contributed by atoms with Crippen LogP contribution in [0.15, 0.2) is 24.3 Å². The summed E-state index contributed by atoms with van der Waals surface area (Å²) >= 11 is 0. The van der Waals surface area contributed by atoms with Crippen molar-refractivity contribution in [3.63, 3.8) is 0 Å². The van der Waals surface area contributed by atoms with Gasteiger partial charge in [0.1, 0.15) is 36.6 Å². The first-order valence-corrected chi connectivity index (χ1v) is 9.99. The zero-order valence-corrected chi connectivity index (χ0v) is 16.7. The number of hydrogen-bond donors (Lipinski definition) is 7. The molecular weight excluding hydrogens is 398 g/mol. The van der Waals surface area contributed by atoms with Gasteiger partial charge in [-0.25, -0.2) is 0 Å². The molecule has 0 saturated carbocycles. The first-order chi connectivity index (χ1) is 14.3. The first kappa shape index (κ1) is 23.5. The van der Waals surface area contributed by atoms with Gasteiger partial charge in [0.05, 0.1) is 25.4 Å². The second-order valence-corrected chi connectivity index (χ2v) is 8.02. The Bertz CT molecular complexity index is 673. The summed E-state index contributed by atoms with van der Waals surface area (Å²) in [5.41, 5.74) is 2.03. The fraction of sp³-hybridized carbons (Fsp3) is 0.700. The Morgan fingerprint density at radius 1 is 0.933 bits per heavy atom. The van der Waals surface area contributed by atoms with Gasteiger partial charge < -0.3 is 45.2 Å². The van der Waals surface area contributed by atoms with Crippen molar-refractivity contribution in [2.75, 3.05) is 19.8 Å². The fourth-order valence-electron chi connectivity index (χ4n) is 3.97. The van der Waals surface area contributed by atoms with E-state index in [1.54, 1.807) is 4.90 Å². The predicted octanol–water partition coefficient (Wildman–Crippen LogP) is -2.92. The summed E-state index contributed by atoms with van der Waals surface area (Å²) < 4.78 is 11.1. The molecule has 3 rings (SSSR count). The van der Waals surface area contributed by atoms with Crippen molar-refractivity contribution in [3.8, 4) is 0 Å². The van der Waals surface area contributed by atoms with Gasteiger partial charge in [-0.15, -0.1) is 0 Å².